The van der Waals surface area contributed by atoms with Crippen LogP contribution in [-0.2, 0) is 0 Å². The SMILES string of the molecule is CN1C[C@H]2CC(O)[C@H](C2)C1. The van der Waals surface area contributed by atoms with Crippen LogP contribution < -0.4 is 0 Å². The van der Waals surface area contributed by atoms with Crippen LogP contribution in [-0.4, -0.2) is 36.2 Å². The zero-order chi connectivity index (χ0) is 7.14. The zero-order valence-corrected chi connectivity index (χ0v) is 6.45. The highest BCUT2D eigenvalue weighted by Gasteiger charge is 2.37. The Labute approximate surface area is 61.8 Å². The molecule has 2 nitrogen and oxygen atoms in total. The van der Waals surface area contributed by atoms with Crippen LogP contribution in [0.1, 0.15) is 12.8 Å². The second-order valence-corrected chi connectivity index (χ2v) is 3.89. The van der Waals surface area contributed by atoms with Crippen LogP contribution in [0.25, 0.3) is 0 Å². The van der Waals surface area contributed by atoms with Crippen molar-refractivity contribution in [3.8, 4) is 0 Å². The minimum absolute atomic E-state index is 0.00921. The number of rotatable bonds is 0. The molecular formula is C8H15NO. The van der Waals surface area contributed by atoms with Gasteiger partial charge in [-0.15, -0.1) is 0 Å². The van der Waals surface area contributed by atoms with Crippen molar-refractivity contribution in [2.45, 2.75) is 18.9 Å². The zero-order valence-electron chi connectivity index (χ0n) is 6.45. The number of hydrogen-bond acceptors (Lipinski definition) is 2. The van der Waals surface area contributed by atoms with Gasteiger partial charge < -0.3 is 10.0 Å². The summed E-state index contributed by atoms with van der Waals surface area (Å²) < 4.78 is 0. The highest BCUT2D eigenvalue weighted by Crippen LogP contribution is 2.35. The molecule has 2 aliphatic rings. The summed E-state index contributed by atoms with van der Waals surface area (Å²) in [5.41, 5.74) is 0. The molecule has 1 heterocycles. The third kappa shape index (κ3) is 0.956. The Bertz CT molecular complexity index is 132. The molecule has 0 spiro atoms. The molecule has 0 aromatic heterocycles. The summed E-state index contributed by atoms with van der Waals surface area (Å²) in [6.45, 7) is 2.31. The van der Waals surface area contributed by atoms with Gasteiger partial charge in [-0.05, 0) is 31.7 Å². The standard InChI is InChI=1S/C8H15NO/c1-9-4-6-2-7(5-9)8(10)3-6/h6-8,10H,2-5H2,1H3/t6-,7-,8?/m1/s1. The molecule has 58 valence electrons. The number of fused-ring (bicyclic) bond motifs is 2. The Balaban J connectivity index is 2.06. The number of piperidine rings is 1. The average molecular weight is 141 g/mol. The lowest BCUT2D eigenvalue weighted by Gasteiger charge is -2.28. The van der Waals surface area contributed by atoms with Crippen LogP contribution in [0.3, 0.4) is 0 Å². The fraction of sp³-hybridized carbons (Fsp3) is 1.00. The smallest absolute Gasteiger partial charge is 0.0583 e. The van der Waals surface area contributed by atoms with Crippen LogP contribution in [0, 0.1) is 11.8 Å². The van der Waals surface area contributed by atoms with Gasteiger partial charge in [-0.1, -0.05) is 0 Å². The number of nitrogens with zero attached hydrogens (tertiary/aromatic N) is 1. The Morgan fingerprint density at radius 2 is 2.10 bits per heavy atom. The van der Waals surface area contributed by atoms with E-state index in [9.17, 15) is 5.11 Å². The lowest BCUT2D eigenvalue weighted by molar-refractivity contribution is 0.112. The van der Waals surface area contributed by atoms with Gasteiger partial charge in [-0.3, -0.25) is 0 Å². The molecule has 1 saturated heterocycles. The predicted octanol–water partition coefficient (Wildman–Crippen LogP) is 0.319. The maximum absolute atomic E-state index is 9.49. The normalized spacial score (nSPS) is 48.0. The van der Waals surface area contributed by atoms with Gasteiger partial charge in [-0.2, -0.15) is 0 Å². The summed E-state index contributed by atoms with van der Waals surface area (Å²) in [7, 11) is 2.15. The molecule has 0 aromatic carbocycles. The Hall–Kier alpha value is -0.0800. The number of hydrogen-bond donors (Lipinski definition) is 1. The van der Waals surface area contributed by atoms with Gasteiger partial charge in [0.1, 0.15) is 0 Å². The van der Waals surface area contributed by atoms with E-state index in [0.717, 1.165) is 18.9 Å². The first-order chi connectivity index (χ1) is 4.75. The van der Waals surface area contributed by atoms with E-state index < -0.39 is 0 Å². The van der Waals surface area contributed by atoms with Gasteiger partial charge in [0.2, 0.25) is 0 Å². The average Bonchev–Trinajstić information content (AvgIpc) is 2.07. The van der Waals surface area contributed by atoms with Gasteiger partial charge in [0.05, 0.1) is 6.10 Å². The van der Waals surface area contributed by atoms with Gasteiger partial charge in [0.15, 0.2) is 0 Å². The van der Waals surface area contributed by atoms with E-state index in [-0.39, 0.29) is 6.10 Å². The highest BCUT2D eigenvalue weighted by molar-refractivity contribution is 4.90. The maximum Gasteiger partial charge on any atom is 0.0583 e. The first-order valence-corrected chi connectivity index (χ1v) is 4.12. The third-order valence-electron chi connectivity index (χ3n) is 2.87. The first kappa shape index (κ1) is 6.62. The van der Waals surface area contributed by atoms with Crippen molar-refractivity contribution in [2.24, 2.45) is 11.8 Å². The second-order valence-electron chi connectivity index (χ2n) is 3.89. The van der Waals surface area contributed by atoms with Gasteiger partial charge >= 0.3 is 0 Å². The van der Waals surface area contributed by atoms with Crippen LogP contribution in [0.5, 0.6) is 0 Å². The summed E-state index contributed by atoms with van der Waals surface area (Å²) in [5, 5.41) is 9.49. The van der Waals surface area contributed by atoms with Gasteiger partial charge in [-0.25, -0.2) is 0 Å². The summed E-state index contributed by atoms with van der Waals surface area (Å²) in [4.78, 5) is 2.34. The molecule has 1 aliphatic carbocycles. The van der Waals surface area contributed by atoms with E-state index in [1.807, 2.05) is 0 Å². The van der Waals surface area contributed by atoms with Crippen LogP contribution in [0.2, 0.25) is 0 Å². The van der Waals surface area contributed by atoms with Crippen molar-refractivity contribution < 1.29 is 5.11 Å². The summed E-state index contributed by atoms with van der Waals surface area (Å²) in [6.07, 6.45) is 2.33. The number of aliphatic hydroxyl groups excluding tert-OH is 1. The molecule has 0 amide bonds. The quantitative estimate of drug-likeness (QED) is 0.525. The van der Waals surface area contributed by atoms with E-state index in [4.69, 9.17) is 0 Å². The van der Waals surface area contributed by atoms with Crippen molar-refractivity contribution in [2.75, 3.05) is 20.1 Å². The molecule has 0 aromatic rings. The van der Waals surface area contributed by atoms with Crippen LogP contribution in [0.4, 0.5) is 0 Å². The summed E-state index contributed by atoms with van der Waals surface area (Å²) in [5.74, 6) is 1.38. The van der Waals surface area contributed by atoms with E-state index >= 15 is 0 Å². The Morgan fingerprint density at radius 1 is 1.30 bits per heavy atom. The van der Waals surface area contributed by atoms with Crippen molar-refractivity contribution in [3.05, 3.63) is 0 Å². The second kappa shape index (κ2) is 2.21. The fourth-order valence-electron chi connectivity index (χ4n) is 2.48. The first-order valence-electron chi connectivity index (χ1n) is 4.12. The molecule has 2 bridgehead atoms. The predicted molar refractivity (Wildman–Crippen MR) is 39.7 cm³/mol. The van der Waals surface area contributed by atoms with Gasteiger partial charge in [0, 0.05) is 13.1 Å². The van der Waals surface area contributed by atoms with E-state index in [1.54, 1.807) is 0 Å². The summed E-state index contributed by atoms with van der Waals surface area (Å²) >= 11 is 0. The Morgan fingerprint density at radius 3 is 2.80 bits per heavy atom. The summed E-state index contributed by atoms with van der Waals surface area (Å²) in [6, 6.07) is 0. The van der Waals surface area contributed by atoms with Crippen molar-refractivity contribution in [1.29, 1.82) is 0 Å². The third-order valence-corrected chi connectivity index (χ3v) is 2.87. The minimum Gasteiger partial charge on any atom is -0.393 e. The highest BCUT2D eigenvalue weighted by atomic mass is 16.3. The topological polar surface area (TPSA) is 23.5 Å². The minimum atomic E-state index is 0.00921. The van der Waals surface area contributed by atoms with Crippen molar-refractivity contribution in [3.63, 3.8) is 0 Å². The number of likely N-dealkylation sites (tertiary alicyclic amines) is 1. The fourth-order valence-corrected chi connectivity index (χ4v) is 2.48. The monoisotopic (exact) mass is 141 g/mol. The van der Waals surface area contributed by atoms with E-state index in [1.165, 1.54) is 13.0 Å². The van der Waals surface area contributed by atoms with Crippen LogP contribution >= 0.6 is 0 Å². The lowest BCUT2D eigenvalue weighted by atomic mass is 9.99. The van der Waals surface area contributed by atoms with Crippen molar-refractivity contribution >= 4 is 0 Å². The van der Waals surface area contributed by atoms with Crippen molar-refractivity contribution in [1.82, 2.24) is 4.90 Å². The number of aliphatic hydroxyl groups is 1. The maximum atomic E-state index is 9.49. The molecule has 0 radical (unpaired) electrons. The van der Waals surface area contributed by atoms with Crippen LogP contribution in [0.15, 0.2) is 0 Å². The molecule has 1 saturated carbocycles. The molecule has 10 heavy (non-hydrogen) atoms. The Kier molecular flexibility index (Phi) is 1.46. The van der Waals surface area contributed by atoms with Gasteiger partial charge in [0.25, 0.3) is 0 Å². The van der Waals surface area contributed by atoms with E-state index in [2.05, 4.69) is 11.9 Å². The van der Waals surface area contributed by atoms with E-state index in [0.29, 0.717) is 5.92 Å². The molecule has 2 heteroatoms. The lowest BCUT2D eigenvalue weighted by Crippen LogP contribution is -2.34. The molecule has 2 fully saturated rings. The molecule has 1 unspecified atom stereocenters. The molecule has 3 atom stereocenters. The largest absolute Gasteiger partial charge is 0.393 e. The molecular weight excluding hydrogens is 126 g/mol. The molecule has 1 aliphatic heterocycles. The molecule has 2 rings (SSSR count). The molecule has 1 N–H and O–H groups in total.